The molecule has 4 rings (SSSR count). The zero-order valence-corrected chi connectivity index (χ0v) is 19.9. The second-order valence-electron chi connectivity index (χ2n) is 8.47. The number of ether oxygens (including phenoxy) is 2. The Morgan fingerprint density at radius 3 is 2.08 bits per heavy atom. The molecule has 0 aliphatic carbocycles. The van der Waals surface area contributed by atoms with Gasteiger partial charge < -0.3 is 19.7 Å². The van der Waals surface area contributed by atoms with Crippen molar-refractivity contribution in [3.05, 3.63) is 22.4 Å². The number of carbonyl (C=O) groups is 2. The van der Waals surface area contributed by atoms with Crippen LogP contribution in [0.3, 0.4) is 0 Å². The third kappa shape index (κ3) is 10.2. The van der Waals surface area contributed by atoms with Gasteiger partial charge in [0.05, 0.1) is 25.9 Å². The molecule has 8 nitrogen and oxygen atoms in total. The molecule has 3 atom stereocenters. The number of morpholine rings is 1. The van der Waals surface area contributed by atoms with E-state index in [2.05, 4.69) is 26.6 Å². The molecular weight excluding hydrogens is 522 g/mol. The summed E-state index contributed by atoms with van der Waals surface area (Å²) in [5.74, 6) is -4.01. The van der Waals surface area contributed by atoms with Gasteiger partial charge >= 0.3 is 24.3 Å². The first-order valence-electron chi connectivity index (χ1n) is 11.0. The highest BCUT2D eigenvalue weighted by Crippen LogP contribution is 2.35. The Balaban J connectivity index is 0.000000271. The lowest BCUT2D eigenvalue weighted by Gasteiger charge is -2.37. The predicted molar refractivity (Wildman–Crippen MR) is 116 cm³/mol. The van der Waals surface area contributed by atoms with Crippen molar-refractivity contribution in [3.8, 4) is 0 Å². The second-order valence-corrected chi connectivity index (χ2v) is 9.25. The van der Waals surface area contributed by atoms with E-state index in [1.807, 2.05) is 0 Å². The van der Waals surface area contributed by atoms with Crippen LogP contribution in [-0.4, -0.2) is 103 Å². The maximum atomic E-state index is 10.6. The molecule has 3 saturated heterocycles. The first kappa shape index (κ1) is 30.3. The molecule has 3 fully saturated rings. The molecule has 3 aliphatic rings. The van der Waals surface area contributed by atoms with Gasteiger partial charge in [-0.25, -0.2) is 9.59 Å². The number of alkyl halides is 6. The van der Waals surface area contributed by atoms with Crippen molar-refractivity contribution in [1.29, 1.82) is 0 Å². The number of carboxylic acid groups (broad SMARTS) is 2. The average Bonchev–Trinajstić information content (AvgIpc) is 3.44. The number of thiophene rings is 1. The van der Waals surface area contributed by atoms with E-state index in [1.165, 1.54) is 25.1 Å². The molecule has 2 N–H and O–H groups in total. The number of halogens is 6. The van der Waals surface area contributed by atoms with Gasteiger partial charge in [-0.05, 0) is 41.3 Å². The highest BCUT2D eigenvalue weighted by molar-refractivity contribution is 7.07. The zero-order chi connectivity index (χ0) is 26.9. The molecule has 0 bridgehead atoms. The van der Waals surface area contributed by atoms with Crippen molar-refractivity contribution in [2.75, 3.05) is 52.5 Å². The summed E-state index contributed by atoms with van der Waals surface area (Å²) < 4.78 is 75.1. The number of carboxylic acids is 2. The standard InChI is InChI=1S/C17H26N2O2S.2C2HF3O2/c1-3-19(9-14-2-8-22-13-14)10-16-15(1)12-21-17(16)11-18-4-6-20-7-5-18;2*3-2(4,5)1(6)7/h2,8,13,15-17H,1,3-7,9-12H2;2*(H,6,7)/t15-,16-,17+;;/m0../s1. The van der Waals surface area contributed by atoms with Crippen LogP contribution in [0.15, 0.2) is 16.8 Å². The Morgan fingerprint density at radius 2 is 1.58 bits per heavy atom. The maximum Gasteiger partial charge on any atom is 0.490 e. The minimum Gasteiger partial charge on any atom is -0.475 e. The van der Waals surface area contributed by atoms with Crippen LogP contribution in [0.5, 0.6) is 0 Å². The van der Waals surface area contributed by atoms with E-state index in [1.54, 1.807) is 11.3 Å². The highest BCUT2D eigenvalue weighted by Gasteiger charge is 2.41. The quantitative estimate of drug-likeness (QED) is 0.552. The number of hydrogen-bond acceptors (Lipinski definition) is 7. The van der Waals surface area contributed by atoms with Crippen LogP contribution >= 0.6 is 11.3 Å². The summed E-state index contributed by atoms with van der Waals surface area (Å²) in [4.78, 5) is 22.9. The van der Waals surface area contributed by atoms with E-state index in [0.29, 0.717) is 6.10 Å². The normalized spacial score (nSPS) is 25.1. The number of likely N-dealkylation sites (tertiary alicyclic amines) is 1. The Bertz CT molecular complexity index is 793. The van der Waals surface area contributed by atoms with Crippen LogP contribution in [0.4, 0.5) is 26.3 Å². The van der Waals surface area contributed by atoms with Crippen LogP contribution in [-0.2, 0) is 25.6 Å². The van der Waals surface area contributed by atoms with Gasteiger partial charge in [0.15, 0.2) is 0 Å². The third-order valence-electron chi connectivity index (χ3n) is 5.91. The van der Waals surface area contributed by atoms with Gasteiger partial charge in [-0.3, -0.25) is 9.80 Å². The average molecular weight is 551 g/mol. The van der Waals surface area contributed by atoms with Gasteiger partial charge in [0.1, 0.15) is 0 Å². The van der Waals surface area contributed by atoms with Gasteiger partial charge in [0.2, 0.25) is 0 Å². The van der Waals surface area contributed by atoms with Crippen molar-refractivity contribution < 1.29 is 55.6 Å². The Labute approximate surface area is 207 Å². The van der Waals surface area contributed by atoms with Gasteiger partial charge in [0.25, 0.3) is 0 Å². The third-order valence-corrected chi connectivity index (χ3v) is 6.64. The van der Waals surface area contributed by atoms with Crippen molar-refractivity contribution in [2.45, 2.75) is 31.4 Å². The van der Waals surface area contributed by atoms with Crippen LogP contribution in [0, 0.1) is 11.8 Å². The van der Waals surface area contributed by atoms with Gasteiger partial charge in [-0.2, -0.15) is 37.7 Å². The molecule has 0 saturated carbocycles. The number of nitrogens with zero attached hydrogens (tertiary/aromatic N) is 2. The highest BCUT2D eigenvalue weighted by atomic mass is 32.1. The minimum absolute atomic E-state index is 0.424. The summed E-state index contributed by atoms with van der Waals surface area (Å²) in [5, 5.41) is 18.7. The maximum absolute atomic E-state index is 10.6. The zero-order valence-electron chi connectivity index (χ0n) is 19.1. The fourth-order valence-electron chi connectivity index (χ4n) is 4.11. The molecular formula is C21H28F6N2O6S. The summed E-state index contributed by atoms with van der Waals surface area (Å²) in [5.41, 5.74) is 1.46. The summed E-state index contributed by atoms with van der Waals surface area (Å²) in [7, 11) is 0. The van der Waals surface area contributed by atoms with Crippen molar-refractivity contribution in [2.24, 2.45) is 11.8 Å². The number of aliphatic carboxylic acids is 2. The van der Waals surface area contributed by atoms with Crippen molar-refractivity contribution in [3.63, 3.8) is 0 Å². The van der Waals surface area contributed by atoms with E-state index < -0.39 is 24.3 Å². The molecule has 0 aromatic carbocycles. The predicted octanol–water partition coefficient (Wildman–Crippen LogP) is 3.18. The summed E-state index contributed by atoms with van der Waals surface area (Å²) in [6.45, 7) is 9.50. The fourth-order valence-corrected chi connectivity index (χ4v) is 4.77. The van der Waals surface area contributed by atoms with Crippen molar-refractivity contribution in [1.82, 2.24) is 9.80 Å². The Morgan fingerprint density at radius 1 is 1.00 bits per heavy atom. The molecule has 206 valence electrons. The minimum atomic E-state index is -5.08. The smallest absolute Gasteiger partial charge is 0.475 e. The molecule has 0 unspecified atom stereocenters. The number of hydrogen-bond donors (Lipinski definition) is 2. The SMILES string of the molecule is O=C(O)C(F)(F)F.O=C(O)C(F)(F)F.c1cc(CN2CC[C@H]3CO[C@H](CN4CCOCC4)[C@H]3C2)cs1. The van der Waals surface area contributed by atoms with Crippen molar-refractivity contribution >= 4 is 23.3 Å². The molecule has 0 radical (unpaired) electrons. The van der Waals surface area contributed by atoms with Gasteiger partial charge in [-0.1, -0.05) is 0 Å². The Hall–Kier alpha value is -1.94. The first-order valence-corrected chi connectivity index (χ1v) is 12.0. The van der Waals surface area contributed by atoms with E-state index in [4.69, 9.17) is 29.3 Å². The molecule has 4 heterocycles. The number of piperidine rings is 1. The molecule has 0 spiro atoms. The van der Waals surface area contributed by atoms with E-state index >= 15 is 0 Å². The lowest BCUT2D eigenvalue weighted by atomic mass is 9.84. The lowest BCUT2D eigenvalue weighted by molar-refractivity contribution is -0.193. The lowest BCUT2D eigenvalue weighted by Crippen LogP contribution is -2.47. The molecule has 0 amide bonds. The largest absolute Gasteiger partial charge is 0.490 e. The van der Waals surface area contributed by atoms with E-state index in [9.17, 15) is 26.3 Å². The molecule has 1 aromatic heterocycles. The molecule has 36 heavy (non-hydrogen) atoms. The van der Waals surface area contributed by atoms with Gasteiger partial charge in [-0.15, -0.1) is 0 Å². The van der Waals surface area contributed by atoms with Crippen LogP contribution in [0.1, 0.15) is 12.0 Å². The van der Waals surface area contributed by atoms with E-state index in [0.717, 1.165) is 57.8 Å². The fraction of sp³-hybridized carbons (Fsp3) is 0.714. The number of fused-ring (bicyclic) bond motifs is 1. The van der Waals surface area contributed by atoms with E-state index in [-0.39, 0.29) is 0 Å². The van der Waals surface area contributed by atoms with Gasteiger partial charge in [0, 0.05) is 38.6 Å². The first-order chi connectivity index (χ1) is 16.8. The Kier molecular flexibility index (Phi) is 11.4. The van der Waals surface area contributed by atoms with Crippen LogP contribution in [0.25, 0.3) is 0 Å². The summed E-state index contributed by atoms with van der Waals surface area (Å²) in [6.07, 6.45) is -8.44. The summed E-state index contributed by atoms with van der Waals surface area (Å²) in [6, 6.07) is 2.26. The summed E-state index contributed by atoms with van der Waals surface area (Å²) >= 11 is 1.80. The van der Waals surface area contributed by atoms with Crippen LogP contribution in [0.2, 0.25) is 0 Å². The van der Waals surface area contributed by atoms with Crippen LogP contribution < -0.4 is 0 Å². The molecule has 3 aliphatic heterocycles. The second kappa shape index (κ2) is 13.6. The topological polar surface area (TPSA) is 99.5 Å². The number of rotatable bonds is 4. The molecule has 15 heteroatoms. The molecule has 1 aromatic rings. The monoisotopic (exact) mass is 550 g/mol.